The van der Waals surface area contributed by atoms with Crippen LogP contribution in [0.5, 0.6) is 0 Å². The summed E-state index contributed by atoms with van der Waals surface area (Å²) in [5, 5.41) is 4.71. The molecule has 0 aliphatic carbocycles. The maximum atomic E-state index is 4.38. The van der Waals surface area contributed by atoms with Gasteiger partial charge in [-0.05, 0) is 18.6 Å². The fraction of sp³-hybridized carbons (Fsp3) is 0.727. The van der Waals surface area contributed by atoms with E-state index in [1.54, 1.807) is 11.3 Å². The number of hydrogen-bond donors (Lipinski definition) is 1. The summed E-state index contributed by atoms with van der Waals surface area (Å²) in [5.74, 6) is 2.60. The summed E-state index contributed by atoms with van der Waals surface area (Å²) < 4.78 is 0. The van der Waals surface area contributed by atoms with Crippen molar-refractivity contribution in [3.05, 3.63) is 11.1 Å². The van der Waals surface area contributed by atoms with Crippen molar-refractivity contribution in [1.82, 2.24) is 10.3 Å². The molecule has 1 N–H and O–H groups in total. The highest BCUT2D eigenvalue weighted by Crippen LogP contribution is 2.21. The second-order valence-electron chi connectivity index (χ2n) is 4.30. The molecule has 1 unspecified atom stereocenters. The molecule has 90 valence electrons. The van der Waals surface area contributed by atoms with Gasteiger partial charge in [0.25, 0.3) is 0 Å². The molecular formula is C11H19N3S2. The fourth-order valence-electron chi connectivity index (χ4n) is 1.73. The Balaban J connectivity index is 1.79. The van der Waals surface area contributed by atoms with E-state index in [0.717, 1.165) is 11.7 Å². The van der Waals surface area contributed by atoms with Gasteiger partial charge in [-0.15, -0.1) is 11.3 Å². The van der Waals surface area contributed by atoms with E-state index in [4.69, 9.17) is 0 Å². The standard InChI is InChI=1S/C11H19N3S2/c1-14(2)11-13-7-10(16-11)6-12-9-4-3-5-15-8-9/h7,9,12H,3-6,8H2,1-2H3. The summed E-state index contributed by atoms with van der Waals surface area (Å²) in [7, 11) is 4.07. The predicted molar refractivity (Wildman–Crippen MR) is 73.6 cm³/mol. The van der Waals surface area contributed by atoms with E-state index in [0.29, 0.717) is 6.04 Å². The van der Waals surface area contributed by atoms with Gasteiger partial charge in [0.2, 0.25) is 0 Å². The van der Waals surface area contributed by atoms with Crippen LogP contribution in [0.4, 0.5) is 5.13 Å². The van der Waals surface area contributed by atoms with Gasteiger partial charge in [0.05, 0.1) is 0 Å². The molecule has 1 aliphatic rings. The second kappa shape index (κ2) is 5.89. The van der Waals surface area contributed by atoms with Gasteiger partial charge in [-0.3, -0.25) is 0 Å². The van der Waals surface area contributed by atoms with E-state index in [-0.39, 0.29) is 0 Å². The van der Waals surface area contributed by atoms with Crippen molar-refractivity contribution in [3.63, 3.8) is 0 Å². The van der Waals surface area contributed by atoms with Crippen molar-refractivity contribution in [2.75, 3.05) is 30.5 Å². The molecule has 1 saturated heterocycles. The lowest BCUT2D eigenvalue weighted by atomic mass is 10.2. The smallest absolute Gasteiger partial charge is 0.185 e. The Hall–Kier alpha value is -0.260. The molecule has 0 spiro atoms. The molecular weight excluding hydrogens is 238 g/mol. The molecule has 16 heavy (non-hydrogen) atoms. The van der Waals surface area contributed by atoms with Gasteiger partial charge in [0.15, 0.2) is 5.13 Å². The Morgan fingerprint density at radius 2 is 2.44 bits per heavy atom. The Labute approximate surface area is 106 Å². The number of rotatable bonds is 4. The first kappa shape index (κ1) is 12.2. The van der Waals surface area contributed by atoms with E-state index in [9.17, 15) is 0 Å². The molecule has 1 aliphatic heterocycles. The summed E-state index contributed by atoms with van der Waals surface area (Å²) >= 11 is 3.84. The summed E-state index contributed by atoms with van der Waals surface area (Å²) in [4.78, 5) is 7.77. The normalized spacial score (nSPS) is 21.0. The van der Waals surface area contributed by atoms with Crippen LogP contribution in [0, 0.1) is 0 Å². The lowest BCUT2D eigenvalue weighted by Gasteiger charge is -2.22. The maximum absolute atomic E-state index is 4.38. The van der Waals surface area contributed by atoms with Crippen LogP contribution >= 0.6 is 23.1 Å². The van der Waals surface area contributed by atoms with Crippen LogP contribution in [0.3, 0.4) is 0 Å². The number of hydrogen-bond acceptors (Lipinski definition) is 5. The molecule has 0 bridgehead atoms. The highest BCUT2D eigenvalue weighted by molar-refractivity contribution is 7.99. The fourth-order valence-corrected chi connectivity index (χ4v) is 3.62. The molecule has 0 saturated carbocycles. The van der Waals surface area contributed by atoms with Crippen molar-refractivity contribution in [2.45, 2.75) is 25.4 Å². The molecule has 1 atom stereocenters. The van der Waals surface area contributed by atoms with Crippen LogP contribution in [-0.2, 0) is 6.54 Å². The lowest BCUT2D eigenvalue weighted by Crippen LogP contribution is -2.32. The van der Waals surface area contributed by atoms with Crippen LogP contribution in [0.15, 0.2) is 6.20 Å². The maximum Gasteiger partial charge on any atom is 0.185 e. The molecule has 3 nitrogen and oxygen atoms in total. The van der Waals surface area contributed by atoms with E-state index in [1.165, 1.54) is 29.2 Å². The Morgan fingerprint density at radius 1 is 1.56 bits per heavy atom. The monoisotopic (exact) mass is 257 g/mol. The largest absolute Gasteiger partial charge is 0.354 e. The third kappa shape index (κ3) is 3.37. The van der Waals surface area contributed by atoms with E-state index in [1.807, 2.05) is 20.3 Å². The number of nitrogens with one attached hydrogen (secondary N) is 1. The van der Waals surface area contributed by atoms with Crippen LogP contribution in [0.25, 0.3) is 0 Å². The third-order valence-electron chi connectivity index (χ3n) is 2.65. The number of aromatic nitrogens is 1. The van der Waals surface area contributed by atoms with E-state index in [2.05, 4.69) is 27.0 Å². The average Bonchev–Trinajstić information content (AvgIpc) is 2.76. The second-order valence-corrected chi connectivity index (χ2v) is 6.54. The molecule has 1 aromatic heterocycles. The zero-order chi connectivity index (χ0) is 11.4. The predicted octanol–water partition coefficient (Wildman–Crippen LogP) is 2.19. The number of nitrogens with zero attached hydrogens (tertiary/aromatic N) is 2. The summed E-state index contributed by atoms with van der Waals surface area (Å²) in [6.45, 7) is 0.969. The molecule has 5 heteroatoms. The number of anilines is 1. The zero-order valence-electron chi connectivity index (χ0n) is 9.90. The van der Waals surface area contributed by atoms with Crippen molar-refractivity contribution >= 4 is 28.2 Å². The van der Waals surface area contributed by atoms with Crippen molar-refractivity contribution in [3.8, 4) is 0 Å². The Morgan fingerprint density at radius 3 is 3.06 bits per heavy atom. The van der Waals surface area contributed by atoms with Gasteiger partial charge in [0, 0.05) is 43.5 Å². The molecule has 0 radical (unpaired) electrons. The topological polar surface area (TPSA) is 28.2 Å². The summed E-state index contributed by atoms with van der Waals surface area (Å²) in [6, 6.07) is 0.698. The molecule has 2 rings (SSSR count). The van der Waals surface area contributed by atoms with Gasteiger partial charge in [-0.25, -0.2) is 4.98 Å². The minimum absolute atomic E-state index is 0.698. The van der Waals surface area contributed by atoms with Crippen molar-refractivity contribution in [2.24, 2.45) is 0 Å². The lowest BCUT2D eigenvalue weighted by molar-refractivity contribution is 0.510. The molecule has 1 aromatic rings. The first-order valence-corrected chi connectivity index (χ1v) is 7.66. The number of thioether (sulfide) groups is 1. The summed E-state index contributed by atoms with van der Waals surface area (Å²) in [5.41, 5.74) is 0. The van der Waals surface area contributed by atoms with Gasteiger partial charge in [-0.1, -0.05) is 0 Å². The highest BCUT2D eigenvalue weighted by Gasteiger charge is 2.13. The molecule has 0 aromatic carbocycles. The van der Waals surface area contributed by atoms with Crippen molar-refractivity contribution < 1.29 is 0 Å². The van der Waals surface area contributed by atoms with Gasteiger partial charge in [0.1, 0.15) is 0 Å². The van der Waals surface area contributed by atoms with Crippen LogP contribution in [0.2, 0.25) is 0 Å². The number of thiazole rings is 1. The summed E-state index contributed by atoms with van der Waals surface area (Å²) in [6.07, 6.45) is 4.67. The van der Waals surface area contributed by atoms with Crippen LogP contribution in [0.1, 0.15) is 17.7 Å². The Kier molecular flexibility index (Phi) is 4.49. The first-order valence-electron chi connectivity index (χ1n) is 5.69. The van der Waals surface area contributed by atoms with E-state index < -0.39 is 0 Å². The van der Waals surface area contributed by atoms with Crippen molar-refractivity contribution in [1.29, 1.82) is 0 Å². The highest BCUT2D eigenvalue weighted by atomic mass is 32.2. The van der Waals surface area contributed by atoms with Crippen LogP contribution in [-0.4, -0.2) is 36.6 Å². The molecule has 0 amide bonds. The van der Waals surface area contributed by atoms with Gasteiger partial charge >= 0.3 is 0 Å². The third-order valence-corrected chi connectivity index (χ3v) is 5.03. The SMILES string of the molecule is CN(C)c1ncc(CNC2CCCSC2)s1. The first-order chi connectivity index (χ1) is 7.75. The average molecular weight is 257 g/mol. The van der Waals surface area contributed by atoms with Gasteiger partial charge < -0.3 is 10.2 Å². The minimum atomic E-state index is 0.698. The minimum Gasteiger partial charge on any atom is -0.354 e. The van der Waals surface area contributed by atoms with Gasteiger partial charge in [-0.2, -0.15) is 11.8 Å². The quantitative estimate of drug-likeness (QED) is 0.895. The molecule has 2 heterocycles. The molecule has 1 fully saturated rings. The van der Waals surface area contributed by atoms with E-state index >= 15 is 0 Å². The zero-order valence-corrected chi connectivity index (χ0v) is 11.5. The Bertz CT molecular complexity index is 319. The van der Waals surface area contributed by atoms with Crippen LogP contribution < -0.4 is 10.2 Å².